The van der Waals surface area contributed by atoms with Crippen molar-refractivity contribution in [2.45, 2.75) is 37.6 Å². The molecular formula is C17H19N3O3. The number of carbonyl (C=O) groups is 2. The molecular weight excluding hydrogens is 294 g/mol. The van der Waals surface area contributed by atoms with Crippen LogP contribution in [0.3, 0.4) is 0 Å². The predicted octanol–water partition coefficient (Wildman–Crippen LogP) is 2.24. The van der Waals surface area contributed by atoms with Crippen molar-refractivity contribution in [1.82, 2.24) is 15.3 Å². The summed E-state index contributed by atoms with van der Waals surface area (Å²) in [6.45, 7) is 0. The number of hydrogen-bond acceptors (Lipinski definition) is 5. The number of rotatable bonds is 3. The molecule has 1 fully saturated rings. The van der Waals surface area contributed by atoms with Gasteiger partial charge in [-0.25, -0.2) is 9.78 Å². The van der Waals surface area contributed by atoms with Crippen molar-refractivity contribution >= 4 is 22.9 Å². The van der Waals surface area contributed by atoms with Crippen molar-refractivity contribution < 1.29 is 14.3 Å². The van der Waals surface area contributed by atoms with Crippen molar-refractivity contribution in [2.75, 3.05) is 7.11 Å². The van der Waals surface area contributed by atoms with Crippen LogP contribution in [0.4, 0.5) is 0 Å². The van der Waals surface area contributed by atoms with Gasteiger partial charge in [0.25, 0.3) is 5.91 Å². The molecule has 1 aromatic heterocycles. The van der Waals surface area contributed by atoms with Gasteiger partial charge >= 0.3 is 5.97 Å². The predicted molar refractivity (Wildman–Crippen MR) is 84.8 cm³/mol. The molecule has 1 N–H and O–H groups in total. The number of aromatic nitrogens is 2. The van der Waals surface area contributed by atoms with Crippen LogP contribution in [0.25, 0.3) is 11.0 Å². The van der Waals surface area contributed by atoms with Crippen LogP contribution in [0.2, 0.25) is 0 Å². The monoisotopic (exact) mass is 313 g/mol. The van der Waals surface area contributed by atoms with E-state index in [9.17, 15) is 9.59 Å². The molecule has 0 aliphatic heterocycles. The largest absolute Gasteiger partial charge is 0.467 e. The van der Waals surface area contributed by atoms with Crippen molar-refractivity contribution in [1.29, 1.82) is 0 Å². The van der Waals surface area contributed by atoms with Crippen LogP contribution in [-0.2, 0) is 9.53 Å². The highest BCUT2D eigenvalue weighted by atomic mass is 16.5. The maximum Gasteiger partial charge on any atom is 0.331 e. The maximum absolute atomic E-state index is 12.6. The quantitative estimate of drug-likeness (QED) is 0.879. The first-order valence-corrected chi connectivity index (χ1v) is 7.77. The summed E-state index contributed by atoms with van der Waals surface area (Å²) in [5.41, 5.74) is 0.634. The molecule has 2 aromatic rings. The fourth-order valence-electron chi connectivity index (χ4n) is 3.08. The van der Waals surface area contributed by atoms with Crippen LogP contribution in [0.1, 0.15) is 42.6 Å². The lowest BCUT2D eigenvalue weighted by molar-refractivity contribution is -0.149. The van der Waals surface area contributed by atoms with Gasteiger partial charge in [0.15, 0.2) is 0 Å². The number of para-hydroxylation sites is 2. The normalized spacial score (nSPS) is 16.7. The molecule has 23 heavy (non-hydrogen) atoms. The molecule has 6 nitrogen and oxygen atoms in total. The van der Waals surface area contributed by atoms with Crippen molar-refractivity contribution in [3.8, 4) is 0 Å². The Morgan fingerprint density at radius 3 is 2.52 bits per heavy atom. The van der Waals surface area contributed by atoms with E-state index in [-0.39, 0.29) is 11.7 Å². The van der Waals surface area contributed by atoms with Gasteiger partial charge in [0.2, 0.25) is 0 Å². The van der Waals surface area contributed by atoms with Crippen LogP contribution < -0.4 is 5.32 Å². The Bertz CT molecular complexity index is 739. The molecule has 1 amide bonds. The molecule has 1 aromatic carbocycles. The molecule has 120 valence electrons. The summed E-state index contributed by atoms with van der Waals surface area (Å²) in [7, 11) is 1.35. The SMILES string of the molecule is COC(=O)C1(NC(=O)c2cnc3ccccc3n2)CCCCC1. The van der Waals surface area contributed by atoms with Gasteiger partial charge in [-0.1, -0.05) is 31.4 Å². The second-order valence-corrected chi connectivity index (χ2v) is 5.83. The summed E-state index contributed by atoms with van der Waals surface area (Å²) in [6.07, 6.45) is 5.45. The van der Waals surface area contributed by atoms with E-state index in [4.69, 9.17) is 4.74 Å². The molecule has 3 rings (SSSR count). The molecule has 1 saturated carbocycles. The third kappa shape index (κ3) is 3.02. The van der Waals surface area contributed by atoms with E-state index in [0.29, 0.717) is 18.4 Å². The standard InChI is InChI=1S/C17H19N3O3/c1-23-16(22)17(9-5-2-6-10-17)20-15(21)14-11-18-12-7-3-4-8-13(12)19-14/h3-4,7-8,11H,2,5-6,9-10H2,1H3,(H,20,21). The van der Waals surface area contributed by atoms with Gasteiger partial charge in [-0.05, 0) is 25.0 Å². The van der Waals surface area contributed by atoms with Gasteiger partial charge in [-0.3, -0.25) is 9.78 Å². The van der Waals surface area contributed by atoms with E-state index in [1.165, 1.54) is 13.3 Å². The molecule has 0 unspecified atom stereocenters. The Morgan fingerprint density at radius 1 is 1.13 bits per heavy atom. The van der Waals surface area contributed by atoms with Gasteiger partial charge in [0.1, 0.15) is 11.2 Å². The number of esters is 1. The van der Waals surface area contributed by atoms with Crippen molar-refractivity contribution in [3.63, 3.8) is 0 Å². The number of nitrogens with zero attached hydrogens (tertiary/aromatic N) is 2. The van der Waals surface area contributed by atoms with Crippen LogP contribution in [0, 0.1) is 0 Å². The molecule has 1 aliphatic carbocycles. The second kappa shape index (κ2) is 6.32. The van der Waals surface area contributed by atoms with E-state index in [0.717, 1.165) is 24.8 Å². The van der Waals surface area contributed by atoms with Crippen LogP contribution in [-0.4, -0.2) is 34.5 Å². The smallest absolute Gasteiger partial charge is 0.331 e. The summed E-state index contributed by atoms with van der Waals surface area (Å²) < 4.78 is 4.91. The zero-order chi connectivity index (χ0) is 16.3. The van der Waals surface area contributed by atoms with Crippen LogP contribution in [0.5, 0.6) is 0 Å². The zero-order valence-electron chi connectivity index (χ0n) is 13.0. The summed E-state index contributed by atoms with van der Waals surface area (Å²) in [6, 6.07) is 7.34. The van der Waals surface area contributed by atoms with Crippen molar-refractivity contribution in [2.24, 2.45) is 0 Å². The Kier molecular flexibility index (Phi) is 4.23. The number of hydrogen-bond donors (Lipinski definition) is 1. The van der Waals surface area contributed by atoms with Crippen LogP contribution >= 0.6 is 0 Å². The molecule has 0 spiro atoms. The fraction of sp³-hybridized carbons (Fsp3) is 0.412. The minimum Gasteiger partial charge on any atom is -0.467 e. The molecule has 0 saturated heterocycles. The summed E-state index contributed by atoms with van der Waals surface area (Å²) in [5, 5.41) is 2.85. The lowest BCUT2D eigenvalue weighted by atomic mass is 9.81. The zero-order valence-corrected chi connectivity index (χ0v) is 13.0. The van der Waals surface area contributed by atoms with Gasteiger partial charge in [-0.2, -0.15) is 0 Å². The topological polar surface area (TPSA) is 81.2 Å². The Hall–Kier alpha value is -2.50. The fourth-order valence-corrected chi connectivity index (χ4v) is 3.08. The molecule has 0 radical (unpaired) electrons. The second-order valence-electron chi connectivity index (χ2n) is 5.83. The molecule has 1 aliphatic rings. The third-order valence-corrected chi connectivity index (χ3v) is 4.32. The van der Waals surface area contributed by atoms with Crippen molar-refractivity contribution in [3.05, 3.63) is 36.2 Å². The molecule has 0 atom stereocenters. The molecule has 1 heterocycles. The number of carbonyl (C=O) groups excluding carboxylic acids is 2. The average Bonchev–Trinajstić information content (AvgIpc) is 2.61. The summed E-state index contributed by atoms with van der Waals surface area (Å²) in [5.74, 6) is -0.783. The number of fused-ring (bicyclic) bond motifs is 1. The minimum atomic E-state index is -0.947. The van der Waals surface area contributed by atoms with Crippen LogP contribution in [0.15, 0.2) is 30.5 Å². The number of methoxy groups -OCH3 is 1. The third-order valence-electron chi connectivity index (χ3n) is 4.32. The first kappa shape index (κ1) is 15.4. The van der Waals surface area contributed by atoms with E-state index >= 15 is 0 Å². The summed E-state index contributed by atoms with van der Waals surface area (Å²) >= 11 is 0. The lowest BCUT2D eigenvalue weighted by Gasteiger charge is -2.35. The highest BCUT2D eigenvalue weighted by Crippen LogP contribution is 2.29. The Labute approximate surface area is 134 Å². The van der Waals surface area contributed by atoms with Gasteiger partial charge < -0.3 is 10.1 Å². The molecule has 6 heteroatoms. The number of nitrogens with one attached hydrogen (secondary N) is 1. The highest BCUT2D eigenvalue weighted by Gasteiger charge is 2.42. The first-order valence-electron chi connectivity index (χ1n) is 7.77. The Morgan fingerprint density at radius 2 is 1.83 bits per heavy atom. The Balaban J connectivity index is 1.86. The minimum absolute atomic E-state index is 0.206. The van der Waals surface area contributed by atoms with Gasteiger partial charge in [-0.15, -0.1) is 0 Å². The van der Waals surface area contributed by atoms with E-state index in [2.05, 4.69) is 15.3 Å². The number of benzene rings is 1. The van der Waals surface area contributed by atoms with E-state index < -0.39 is 11.4 Å². The lowest BCUT2D eigenvalue weighted by Crippen LogP contribution is -2.56. The first-order chi connectivity index (χ1) is 11.1. The summed E-state index contributed by atoms with van der Waals surface area (Å²) in [4.78, 5) is 33.3. The van der Waals surface area contributed by atoms with E-state index in [1.807, 2.05) is 18.2 Å². The van der Waals surface area contributed by atoms with E-state index in [1.54, 1.807) is 6.07 Å². The average molecular weight is 313 g/mol. The maximum atomic E-state index is 12.6. The number of amides is 1. The number of ether oxygens (including phenoxy) is 1. The van der Waals surface area contributed by atoms with Gasteiger partial charge in [0, 0.05) is 0 Å². The van der Waals surface area contributed by atoms with Gasteiger partial charge in [0.05, 0.1) is 24.3 Å². The highest BCUT2D eigenvalue weighted by molar-refractivity contribution is 5.97. The molecule has 0 bridgehead atoms.